The zero-order chi connectivity index (χ0) is 33.8. The molecule has 0 aromatic carbocycles. The molecule has 0 spiro atoms. The summed E-state index contributed by atoms with van der Waals surface area (Å²) in [5.74, 6) is -0.786. The summed E-state index contributed by atoms with van der Waals surface area (Å²) in [6.45, 7) is 4.52. The van der Waals surface area contributed by atoms with Gasteiger partial charge in [-0.1, -0.05) is 141 Å². The van der Waals surface area contributed by atoms with E-state index in [2.05, 4.69) is 38.2 Å². The lowest BCUT2D eigenvalue weighted by Gasteiger charge is -2.15. The van der Waals surface area contributed by atoms with Gasteiger partial charge in [0.05, 0.1) is 0 Å². The maximum absolute atomic E-state index is 13.0. The smallest absolute Gasteiger partial charge is 0.303 e. The van der Waals surface area contributed by atoms with Gasteiger partial charge in [0, 0.05) is 31.6 Å². The molecule has 0 saturated heterocycles. The first-order valence-corrected chi connectivity index (χ1v) is 20.1. The van der Waals surface area contributed by atoms with Crippen molar-refractivity contribution in [3.05, 3.63) is 24.3 Å². The molecule has 0 aliphatic rings. The summed E-state index contributed by atoms with van der Waals surface area (Å²) in [6.07, 6.45) is 43.8. The van der Waals surface area contributed by atoms with Crippen molar-refractivity contribution in [2.75, 3.05) is 0 Å². The summed E-state index contributed by atoms with van der Waals surface area (Å²) >= 11 is 0. The Morgan fingerprint density at radius 3 is 1.24 bits per heavy atom. The quantitative estimate of drug-likeness (QED) is 0.0539. The second-order valence-corrected chi connectivity index (χ2v) is 13.9. The van der Waals surface area contributed by atoms with E-state index < -0.39 is 5.97 Å². The predicted octanol–water partition coefficient (Wildman–Crippen LogP) is 13.5. The average molecular weight is 645 g/mol. The van der Waals surface area contributed by atoms with Crippen molar-refractivity contribution in [1.82, 2.24) is 0 Å². The largest absolute Gasteiger partial charge is 0.481 e. The number of hydrogen-bond donors (Lipinski definition) is 1. The van der Waals surface area contributed by atoms with E-state index >= 15 is 0 Å². The average Bonchev–Trinajstić information content (AvgIpc) is 3.04. The normalized spacial score (nSPS) is 12.4. The molecule has 268 valence electrons. The number of allylic oxidation sites excluding steroid dienone is 4. The highest BCUT2D eigenvalue weighted by Gasteiger charge is 2.21. The number of Topliss-reactive ketones (excluding diaryl/α,β-unsaturated/α-hetero) is 2. The van der Waals surface area contributed by atoms with E-state index in [0.29, 0.717) is 32.1 Å². The monoisotopic (exact) mass is 645 g/mol. The van der Waals surface area contributed by atoms with E-state index in [4.69, 9.17) is 5.11 Å². The second-order valence-electron chi connectivity index (χ2n) is 13.9. The fraction of sp³-hybridized carbons (Fsp3) is 0.833. The van der Waals surface area contributed by atoms with Crippen LogP contribution in [0.4, 0.5) is 0 Å². The minimum Gasteiger partial charge on any atom is -0.481 e. The molecule has 4 nitrogen and oxygen atoms in total. The SMILES string of the molecule is CCCCCCCC/C=C/CCCCCCCC(=O)CC(CCCC(=O)O)C(=O)CCCCCCC/C=C/CCCCCCCC. The van der Waals surface area contributed by atoms with Crippen molar-refractivity contribution in [2.24, 2.45) is 5.92 Å². The highest BCUT2D eigenvalue weighted by atomic mass is 16.4. The zero-order valence-corrected chi connectivity index (χ0v) is 30.7. The van der Waals surface area contributed by atoms with Crippen LogP contribution in [0.5, 0.6) is 0 Å². The minimum atomic E-state index is -0.830. The molecule has 1 N–H and O–H groups in total. The molecule has 0 aliphatic heterocycles. The molecule has 0 rings (SSSR count). The van der Waals surface area contributed by atoms with Crippen LogP contribution in [0, 0.1) is 5.92 Å². The molecule has 0 aromatic rings. The topological polar surface area (TPSA) is 71.4 Å². The molecule has 0 aromatic heterocycles. The van der Waals surface area contributed by atoms with E-state index in [1.54, 1.807) is 0 Å². The molecular weight excluding hydrogens is 568 g/mol. The molecule has 0 bridgehead atoms. The highest BCUT2D eigenvalue weighted by Crippen LogP contribution is 2.21. The summed E-state index contributed by atoms with van der Waals surface area (Å²) < 4.78 is 0. The van der Waals surface area contributed by atoms with Crippen molar-refractivity contribution >= 4 is 17.5 Å². The third-order valence-electron chi connectivity index (χ3n) is 9.28. The first-order valence-electron chi connectivity index (χ1n) is 20.1. The molecule has 1 unspecified atom stereocenters. The van der Waals surface area contributed by atoms with Gasteiger partial charge in [0.1, 0.15) is 11.6 Å². The lowest BCUT2D eigenvalue weighted by atomic mass is 9.88. The van der Waals surface area contributed by atoms with Crippen molar-refractivity contribution in [3.63, 3.8) is 0 Å². The summed E-state index contributed by atoms with van der Waals surface area (Å²) in [6, 6.07) is 0. The summed E-state index contributed by atoms with van der Waals surface area (Å²) in [5, 5.41) is 9.04. The first-order chi connectivity index (χ1) is 22.5. The van der Waals surface area contributed by atoms with Gasteiger partial charge in [0.15, 0.2) is 0 Å². The second kappa shape index (κ2) is 36.1. The van der Waals surface area contributed by atoms with Gasteiger partial charge >= 0.3 is 5.97 Å². The molecular formula is C42H76O4. The molecule has 0 saturated carbocycles. The van der Waals surface area contributed by atoms with E-state index in [1.807, 2.05) is 0 Å². The zero-order valence-electron chi connectivity index (χ0n) is 30.7. The van der Waals surface area contributed by atoms with Gasteiger partial charge in [-0.25, -0.2) is 0 Å². The third kappa shape index (κ3) is 33.6. The Labute approximate surface area is 286 Å². The maximum Gasteiger partial charge on any atom is 0.303 e. The fourth-order valence-corrected chi connectivity index (χ4v) is 6.22. The number of unbranched alkanes of at least 4 members (excludes halogenated alkanes) is 22. The summed E-state index contributed by atoms with van der Waals surface area (Å²) in [7, 11) is 0. The number of hydrogen-bond acceptors (Lipinski definition) is 3. The lowest BCUT2D eigenvalue weighted by molar-refractivity contribution is -0.137. The van der Waals surface area contributed by atoms with Crippen LogP contribution in [0.2, 0.25) is 0 Å². The number of carbonyl (C=O) groups excluding carboxylic acids is 2. The van der Waals surface area contributed by atoms with Crippen LogP contribution in [0.25, 0.3) is 0 Å². The predicted molar refractivity (Wildman–Crippen MR) is 199 cm³/mol. The van der Waals surface area contributed by atoms with Crippen LogP contribution in [0.1, 0.15) is 219 Å². The van der Waals surface area contributed by atoms with Crippen molar-refractivity contribution < 1.29 is 19.5 Å². The molecule has 46 heavy (non-hydrogen) atoms. The molecule has 4 heteroatoms. The standard InChI is InChI=1S/C42H76O4/c1-3-5-7-9-11-13-15-17-19-21-23-25-27-29-31-35-40(43)38-39(34-33-37-42(45)46)41(44)36-32-30-28-26-24-22-20-18-16-14-12-10-8-6-4-2/h17-20,39H,3-16,21-38H2,1-2H3,(H,45,46)/b19-17+,20-18+. The van der Waals surface area contributed by atoms with Gasteiger partial charge in [0.25, 0.3) is 0 Å². The van der Waals surface area contributed by atoms with Crippen molar-refractivity contribution in [2.45, 2.75) is 219 Å². The Bertz CT molecular complexity index is 753. The van der Waals surface area contributed by atoms with Gasteiger partial charge in [0.2, 0.25) is 0 Å². The highest BCUT2D eigenvalue weighted by molar-refractivity contribution is 5.88. The minimum absolute atomic E-state index is 0.0691. The van der Waals surface area contributed by atoms with Crippen LogP contribution < -0.4 is 0 Å². The van der Waals surface area contributed by atoms with Crippen LogP contribution in [0.3, 0.4) is 0 Å². The van der Waals surface area contributed by atoms with Crippen LogP contribution in [-0.2, 0) is 14.4 Å². The molecule has 0 fully saturated rings. The summed E-state index contributed by atoms with van der Waals surface area (Å²) in [5.41, 5.74) is 0. The van der Waals surface area contributed by atoms with Gasteiger partial charge in [-0.05, 0) is 77.0 Å². The number of carboxylic acids is 1. The first kappa shape index (κ1) is 44.3. The van der Waals surface area contributed by atoms with E-state index in [-0.39, 0.29) is 23.9 Å². The Morgan fingerprint density at radius 1 is 0.457 bits per heavy atom. The molecule has 0 heterocycles. The van der Waals surface area contributed by atoms with Gasteiger partial charge < -0.3 is 5.11 Å². The van der Waals surface area contributed by atoms with Gasteiger partial charge in [-0.2, -0.15) is 0 Å². The molecule has 0 radical (unpaired) electrons. The number of ketones is 2. The van der Waals surface area contributed by atoms with Gasteiger partial charge in [-0.3, -0.25) is 14.4 Å². The number of carbonyl (C=O) groups is 3. The molecule has 1 atom stereocenters. The Kier molecular flexibility index (Phi) is 34.8. The lowest BCUT2D eigenvalue weighted by Crippen LogP contribution is -2.19. The Hall–Kier alpha value is -1.71. The molecule has 0 amide bonds. The summed E-state index contributed by atoms with van der Waals surface area (Å²) in [4.78, 5) is 36.7. The van der Waals surface area contributed by atoms with Crippen molar-refractivity contribution in [1.29, 1.82) is 0 Å². The van der Waals surface area contributed by atoms with Crippen molar-refractivity contribution in [3.8, 4) is 0 Å². The van der Waals surface area contributed by atoms with E-state index in [1.165, 1.54) is 116 Å². The van der Waals surface area contributed by atoms with Crippen LogP contribution >= 0.6 is 0 Å². The molecule has 0 aliphatic carbocycles. The Morgan fingerprint density at radius 2 is 0.826 bits per heavy atom. The fourth-order valence-electron chi connectivity index (χ4n) is 6.22. The van der Waals surface area contributed by atoms with Crippen LogP contribution in [0.15, 0.2) is 24.3 Å². The number of aliphatic carboxylic acids is 1. The maximum atomic E-state index is 13.0. The Balaban J connectivity index is 3.99. The number of carboxylic acid groups (broad SMARTS) is 1. The number of rotatable bonds is 37. The van der Waals surface area contributed by atoms with Crippen LogP contribution in [-0.4, -0.2) is 22.6 Å². The van der Waals surface area contributed by atoms with E-state index in [0.717, 1.165) is 51.4 Å². The van der Waals surface area contributed by atoms with Gasteiger partial charge in [-0.15, -0.1) is 0 Å². The van der Waals surface area contributed by atoms with E-state index in [9.17, 15) is 14.4 Å². The third-order valence-corrected chi connectivity index (χ3v) is 9.28.